The van der Waals surface area contributed by atoms with Gasteiger partial charge in [0.25, 0.3) is 0 Å². The molecule has 9 heteroatoms. The maximum Gasteiger partial charge on any atom is 0.318 e. The van der Waals surface area contributed by atoms with Crippen LogP contribution in [0.25, 0.3) is 10.8 Å². The van der Waals surface area contributed by atoms with E-state index in [9.17, 15) is 10.1 Å². The lowest BCUT2D eigenvalue weighted by atomic mass is 9.99. The quantitative estimate of drug-likeness (QED) is 0.257. The highest BCUT2D eigenvalue weighted by Crippen LogP contribution is 2.61. The van der Waals surface area contributed by atoms with Crippen LogP contribution in [0.5, 0.6) is 6.01 Å². The average Bonchev–Trinajstić information content (AvgIpc) is 3.98. The third-order valence-electron chi connectivity index (χ3n) is 11.9. The third-order valence-corrected chi connectivity index (χ3v) is 11.9. The summed E-state index contributed by atoms with van der Waals surface area (Å²) >= 11 is 0. The number of rotatable bonds is 9. The molecule has 1 spiro atoms. The van der Waals surface area contributed by atoms with Crippen LogP contribution in [0.2, 0.25) is 0 Å². The number of piperazine rings is 1. The van der Waals surface area contributed by atoms with Gasteiger partial charge in [-0.1, -0.05) is 43.3 Å². The van der Waals surface area contributed by atoms with Gasteiger partial charge in [0.05, 0.1) is 49.1 Å². The number of carbonyl (C=O) groups excluding carboxylic acids is 1. The minimum Gasteiger partial charge on any atom is -0.463 e. The minimum absolute atomic E-state index is 0.135. The summed E-state index contributed by atoms with van der Waals surface area (Å²) in [6.45, 7) is 11.8. The molecule has 4 fully saturated rings. The van der Waals surface area contributed by atoms with E-state index in [0.717, 1.165) is 36.5 Å². The predicted octanol–water partition coefficient (Wildman–Crippen LogP) is 6.12. The van der Waals surface area contributed by atoms with Crippen molar-refractivity contribution >= 4 is 28.2 Å². The summed E-state index contributed by atoms with van der Waals surface area (Å²) < 4.78 is 13.2. The Hall–Kier alpha value is -4.16. The maximum atomic E-state index is 12.6. The molecule has 1 amide bonds. The normalized spacial score (nSPS) is 27.1. The lowest BCUT2D eigenvalue weighted by Crippen LogP contribution is -2.55. The Morgan fingerprint density at radius 2 is 1.96 bits per heavy atom. The Balaban J connectivity index is 1.07. The third kappa shape index (κ3) is 5.58. The summed E-state index contributed by atoms with van der Waals surface area (Å²) in [5, 5.41) is 12.1. The van der Waals surface area contributed by atoms with Crippen molar-refractivity contribution in [2.45, 2.75) is 89.5 Å². The number of amides is 1. The van der Waals surface area contributed by atoms with Gasteiger partial charge < -0.3 is 24.2 Å². The van der Waals surface area contributed by atoms with Crippen molar-refractivity contribution in [2.75, 3.05) is 42.6 Å². The Kier molecular flexibility index (Phi) is 7.82. The first-order valence-electron chi connectivity index (χ1n) is 17.8. The number of nitriles is 1. The van der Waals surface area contributed by atoms with Crippen LogP contribution in [0.1, 0.15) is 68.7 Å². The number of anilines is 2. The first-order valence-corrected chi connectivity index (χ1v) is 17.8. The molecule has 250 valence electrons. The molecule has 3 aliphatic carbocycles. The second-order valence-electron chi connectivity index (χ2n) is 15.0. The molecule has 0 bridgehead atoms. The van der Waals surface area contributed by atoms with Crippen LogP contribution in [0.4, 0.5) is 11.5 Å². The number of aromatic nitrogens is 2. The van der Waals surface area contributed by atoms with Crippen LogP contribution in [0.15, 0.2) is 49.1 Å². The van der Waals surface area contributed by atoms with Gasteiger partial charge >= 0.3 is 6.01 Å². The van der Waals surface area contributed by atoms with Gasteiger partial charge in [0.1, 0.15) is 5.82 Å². The topological polar surface area (TPSA) is 94.8 Å². The Labute approximate surface area is 283 Å². The molecule has 48 heavy (non-hydrogen) atoms. The number of fused-ring (bicyclic) bond motifs is 2. The monoisotopic (exact) mass is 646 g/mol. The molecule has 5 aliphatic rings. The van der Waals surface area contributed by atoms with E-state index in [1.807, 2.05) is 0 Å². The van der Waals surface area contributed by atoms with Gasteiger partial charge in [-0.25, -0.2) is 0 Å². The zero-order valence-electron chi connectivity index (χ0n) is 28.3. The molecule has 2 aliphatic heterocycles. The van der Waals surface area contributed by atoms with E-state index in [0.29, 0.717) is 56.2 Å². The number of ether oxygens (including phenoxy) is 2. The molecule has 1 aromatic heterocycles. The second kappa shape index (κ2) is 12.1. The van der Waals surface area contributed by atoms with Gasteiger partial charge in [0.15, 0.2) is 0 Å². The van der Waals surface area contributed by atoms with Gasteiger partial charge in [-0.2, -0.15) is 15.2 Å². The van der Waals surface area contributed by atoms with Gasteiger partial charge in [0.2, 0.25) is 5.91 Å². The SMILES string of the molecule is C=CC(=O)N1CCN(c2nc(OCC3C[C@]3(C)OC3CCCC34CC4)nc3c2CCN(c2cccc4cccc(C)c24)C3)C[C@@H]1CC#N. The van der Waals surface area contributed by atoms with E-state index in [4.69, 9.17) is 19.4 Å². The van der Waals surface area contributed by atoms with Crippen LogP contribution >= 0.6 is 0 Å². The van der Waals surface area contributed by atoms with Crippen molar-refractivity contribution in [2.24, 2.45) is 11.3 Å². The smallest absolute Gasteiger partial charge is 0.318 e. The lowest BCUT2D eigenvalue weighted by Gasteiger charge is -2.42. The minimum atomic E-state index is -0.238. The lowest BCUT2D eigenvalue weighted by molar-refractivity contribution is -0.128. The number of aryl methyl sites for hydroxylation is 1. The van der Waals surface area contributed by atoms with Gasteiger partial charge in [-0.15, -0.1) is 0 Å². The summed E-state index contributed by atoms with van der Waals surface area (Å²) in [7, 11) is 0. The molecule has 3 saturated carbocycles. The highest BCUT2D eigenvalue weighted by molar-refractivity contribution is 5.97. The number of hydrogen-bond donors (Lipinski definition) is 0. The van der Waals surface area contributed by atoms with E-state index in [2.05, 4.69) is 72.7 Å². The zero-order chi connectivity index (χ0) is 33.0. The molecule has 9 nitrogen and oxygen atoms in total. The van der Waals surface area contributed by atoms with Crippen LogP contribution in [0.3, 0.4) is 0 Å². The zero-order valence-corrected chi connectivity index (χ0v) is 28.3. The molecule has 8 rings (SSSR count). The van der Waals surface area contributed by atoms with Crippen molar-refractivity contribution in [3.05, 3.63) is 65.9 Å². The van der Waals surface area contributed by atoms with Crippen molar-refractivity contribution < 1.29 is 14.3 Å². The molecule has 3 heterocycles. The Morgan fingerprint density at radius 1 is 1.12 bits per heavy atom. The van der Waals surface area contributed by atoms with Crippen LogP contribution < -0.4 is 14.5 Å². The summed E-state index contributed by atoms with van der Waals surface area (Å²) in [4.78, 5) is 29.2. The molecule has 2 unspecified atom stereocenters. The van der Waals surface area contributed by atoms with E-state index in [1.54, 1.807) is 4.90 Å². The number of hydrogen-bond acceptors (Lipinski definition) is 8. The van der Waals surface area contributed by atoms with Crippen molar-refractivity contribution in [3.63, 3.8) is 0 Å². The fourth-order valence-corrected chi connectivity index (χ4v) is 8.76. The molecular weight excluding hydrogens is 600 g/mol. The number of nitrogens with zero attached hydrogens (tertiary/aromatic N) is 6. The number of benzene rings is 2. The molecule has 0 radical (unpaired) electrons. The molecule has 2 aromatic carbocycles. The fraction of sp³-hybridized carbons (Fsp3) is 0.538. The summed E-state index contributed by atoms with van der Waals surface area (Å²) in [5.41, 5.74) is 4.91. The average molecular weight is 647 g/mol. The fourth-order valence-electron chi connectivity index (χ4n) is 8.76. The Morgan fingerprint density at radius 3 is 2.75 bits per heavy atom. The highest BCUT2D eigenvalue weighted by Gasteiger charge is 2.59. The van der Waals surface area contributed by atoms with E-state index in [1.165, 1.54) is 60.2 Å². The van der Waals surface area contributed by atoms with Crippen molar-refractivity contribution in [1.82, 2.24) is 14.9 Å². The molecule has 0 N–H and O–H groups in total. The predicted molar refractivity (Wildman–Crippen MR) is 186 cm³/mol. The maximum absolute atomic E-state index is 12.6. The number of carbonyl (C=O) groups is 1. The van der Waals surface area contributed by atoms with E-state index >= 15 is 0 Å². The largest absolute Gasteiger partial charge is 0.463 e. The van der Waals surface area contributed by atoms with Gasteiger partial charge in [-0.05, 0) is 80.9 Å². The van der Waals surface area contributed by atoms with E-state index in [-0.39, 0.29) is 24.0 Å². The molecule has 1 saturated heterocycles. The van der Waals surface area contributed by atoms with Crippen molar-refractivity contribution in [3.8, 4) is 12.1 Å². The molecule has 4 atom stereocenters. The summed E-state index contributed by atoms with van der Waals surface area (Å²) in [5.74, 6) is 1.05. The van der Waals surface area contributed by atoms with Crippen LogP contribution in [0, 0.1) is 29.6 Å². The second-order valence-corrected chi connectivity index (χ2v) is 15.0. The van der Waals surface area contributed by atoms with Gasteiger partial charge in [0, 0.05) is 48.7 Å². The first kappa shape index (κ1) is 31.1. The summed E-state index contributed by atoms with van der Waals surface area (Å²) in [6.07, 6.45) is 10.2. The molecular formula is C39H46N6O3. The van der Waals surface area contributed by atoms with Gasteiger partial charge in [-0.3, -0.25) is 4.79 Å². The first-order chi connectivity index (χ1) is 23.3. The molecule has 3 aromatic rings. The summed E-state index contributed by atoms with van der Waals surface area (Å²) in [6, 6.07) is 15.4. The highest BCUT2D eigenvalue weighted by atomic mass is 16.5. The Bertz CT molecular complexity index is 1790. The standard InChI is InChI=1S/C39H46N6O3/c1-4-34(46)45-21-20-44(23-29(45)13-18-40)36-30-14-19-43(32-11-6-10-27-9-5-8-26(2)35(27)32)24-31(30)41-37(42-36)47-25-28-22-38(28,3)48-33-12-7-15-39(33)16-17-39/h4-6,8-11,28-29,33H,1,7,12-17,19-25H2,2-3H3/t28?,29-,33?,38-/m0/s1. The van der Waals surface area contributed by atoms with Crippen LogP contribution in [-0.4, -0.2) is 71.3 Å². The van der Waals surface area contributed by atoms with Crippen molar-refractivity contribution in [1.29, 1.82) is 5.26 Å². The van der Waals surface area contributed by atoms with Crippen LogP contribution in [-0.2, 0) is 22.5 Å². The van der Waals surface area contributed by atoms with E-state index < -0.39 is 0 Å².